The van der Waals surface area contributed by atoms with Gasteiger partial charge in [-0.2, -0.15) is 5.26 Å². The van der Waals surface area contributed by atoms with Gasteiger partial charge >= 0.3 is 0 Å². The summed E-state index contributed by atoms with van der Waals surface area (Å²) >= 11 is 2.99. The van der Waals surface area contributed by atoms with E-state index in [0.717, 1.165) is 9.35 Å². The molecular weight excluding hydrogens is 192 g/mol. The summed E-state index contributed by atoms with van der Waals surface area (Å²) in [6.07, 6.45) is 0. The molecule has 1 aromatic heterocycles. The molecule has 0 aliphatic rings. The highest BCUT2D eigenvalue weighted by molar-refractivity contribution is 8.01. The van der Waals surface area contributed by atoms with Crippen molar-refractivity contribution >= 4 is 23.1 Å². The lowest BCUT2D eigenvalue weighted by Gasteiger charge is -1.96. The van der Waals surface area contributed by atoms with E-state index in [1.54, 1.807) is 0 Å². The summed E-state index contributed by atoms with van der Waals surface area (Å²) in [5, 5.41) is 17.1. The third-order valence-corrected chi connectivity index (χ3v) is 3.15. The lowest BCUT2D eigenvalue weighted by Crippen LogP contribution is -2.19. The molecule has 0 spiro atoms. The third-order valence-electron chi connectivity index (χ3n) is 1.06. The van der Waals surface area contributed by atoms with Crippen molar-refractivity contribution in [2.24, 2.45) is 5.73 Å². The second-order valence-corrected chi connectivity index (χ2v) is 4.58. The largest absolute Gasteiger partial charge is 0.315 e. The van der Waals surface area contributed by atoms with Crippen molar-refractivity contribution in [1.82, 2.24) is 10.2 Å². The molecule has 2 N–H and O–H groups in total. The predicted molar refractivity (Wildman–Crippen MR) is 49.0 cm³/mol. The van der Waals surface area contributed by atoms with Gasteiger partial charge in [0.1, 0.15) is 11.0 Å². The van der Waals surface area contributed by atoms with Gasteiger partial charge in [0, 0.05) is 5.75 Å². The highest BCUT2D eigenvalue weighted by Crippen LogP contribution is 2.21. The van der Waals surface area contributed by atoms with Crippen LogP contribution < -0.4 is 5.73 Å². The number of nitriles is 1. The molecule has 0 aliphatic carbocycles. The average molecular weight is 200 g/mol. The smallest absolute Gasteiger partial charge is 0.174 e. The van der Waals surface area contributed by atoms with Crippen molar-refractivity contribution in [3.63, 3.8) is 0 Å². The Morgan fingerprint density at radius 3 is 3.00 bits per heavy atom. The first-order chi connectivity index (χ1) is 5.72. The summed E-state index contributed by atoms with van der Waals surface area (Å²) < 4.78 is 0.873. The number of hydrogen-bond donors (Lipinski definition) is 1. The number of rotatable bonds is 3. The molecule has 1 rings (SSSR count). The van der Waals surface area contributed by atoms with E-state index in [1.807, 2.05) is 13.0 Å². The van der Waals surface area contributed by atoms with Crippen molar-refractivity contribution in [3.8, 4) is 6.07 Å². The molecule has 0 radical (unpaired) electrons. The van der Waals surface area contributed by atoms with Gasteiger partial charge < -0.3 is 5.73 Å². The van der Waals surface area contributed by atoms with Crippen LogP contribution in [0.25, 0.3) is 0 Å². The Bertz CT molecular complexity index is 290. The summed E-state index contributed by atoms with van der Waals surface area (Å²) in [4.78, 5) is 0. The number of nitrogens with zero attached hydrogens (tertiary/aromatic N) is 3. The van der Waals surface area contributed by atoms with Gasteiger partial charge in [0.25, 0.3) is 0 Å². The van der Waals surface area contributed by atoms with Crippen LogP contribution in [-0.2, 0) is 0 Å². The molecule has 12 heavy (non-hydrogen) atoms. The Balaban J connectivity index is 2.39. The van der Waals surface area contributed by atoms with Crippen LogP contribution in [0.4, 0.5) is 0 Å². The molecule has 0 aliphatic heterocycles. The van der Waals surface area contributed by atoms with Gasteiger partial charge in [-0.05, 0) is 6.92 Å². The van der Waals surface area contributed by atoms with Crippen LogP contribution >= 0.6 is 23.1 Å². The summed E-state index contributed by atoms with van der Waals surface area (Å²) in [5.41, 5.74) is 5.40. The average Bonchev–Trinajstić information content (AvgIpc) is 2.47. The zero-order chi connectivity index (χ0) is 8.97. The molecule has 0 fully saturated rings. The second kappa shape index (κ2) is 4.40. The molecule has 0 bridgehead atoms. The van der Waals surface area contributed by atoms with E-state index in [4.69, 9.17) is 11.0 Å². The van der Waals surface area contributed by atoms with E-state index in [-0.39, 0.29) is 0 Å². The fraction of sp³-hybridized carbons (Fsp3) is 0.500. The van der Waals surface area contributed by atoms with E-state index < -0.39 is 6.04 Å². The van der Waals surface area contributed by atoms with Gasteiger partial charge in [-0.3, -0.25) is 0 Å². The third kappa shape index (κ3) is 2.77. The van der Waals surface area contributed by atoms with Crippen molar-refractivity contribution in [2.75, 3.05) is 5.75 Å². The van der Waals surface area contributed by atoms with Crippen LogP contribution in [0.15, 0.2) is 4.34 Å². The Morgan fingerprint density at radius 2 is 2.50 bits per heavy atom. The van der Waals surface area contributed by atoms with E-state index in [1.165, 1.54) is 23.1 Å². The first-order valence-corrected chi connectivity index (χ1v) is 5.10. The molecule has 6 heteroatoms. The molecule has 1 aromatic rings. The Morgan fingerprint density at radius 1 is 1.75 bits per heavy atom. The monoisotopic (exact) mass is 200 g/mol. The topological polar surface area (TPSA) is 75.6 Å². The van der Waals surface area contributed by atoms with Gasteiger partial charge in [0.15, 0.2) is 4.34 Å². The summed E-state index contributed by atoms with van der Waals surface area (Å²) in [6.45, 7) is 1.89. The number of thioether (sulfide) groups is 1. The molecule has 1 heterocycles. The number of aromatic nitrogens is 2. The van der Waals surface area contributed by atoms with Gasteiger partial charge in [-0.15, -0.1) is 10.2 Å². The standard InChI is InChI=1S/C6H8N4S2/c1-4-9-10-6(12-4)11-3-5(8)2-7/h5H,3,8H2,1H3. The summed E-state index contributed by atoms with van der Waals surface area (Å²) in [5.74, 6) is 0.575. The van der Waals surface area contributed by atoms with Crippen molar-refractivity contribution in [2.45, 2.75) is 17.3 Å². The zero-order valence-corrected chi connectivity index (χ0v) is 8.15. The fourth-order valence-electron chi connectivity index (χ4n) is 0.535. The first kappa shape index (κ1) is 9.45. The highest BCUT2D eigenvalue weighted by Gasteiger charge is 2.04. The molecule has 0 saturated carbocycles. The maximum atomic E-state index is 8.40. The summed E-state index contributed by atoms with van der Waals surface area (Å²) in [6, 6.07) is 1.54. The van der Waals surface area contributed by atoms with Crippen molar-refractivity contribution in [3.05, 3.63) is 5.01 Å². The minimum atomic E-state index is -0.417. The number of hydrogen-bond acceptors (Lipinski definition) is 6. The maximum absolute atomic E-state index is 8.40. The molecule has 1 unspecified atom stereocenters. The van der Waals surface area contributed by atoms with E-state index in [0.29, 0.717) is 5.75 Å². The molecule has 0 aromatic carbocycles. The minimum absolute atomic E-state index is 0.417. The fourth-order valence-corrected chi connectivity index (χ4v) is 2.25. The summed E-state index contributed by atoms with van der Waals surface area (Å²) in [7, 11) is 0. The minimum Gasteiger partial charge on any atom is -0.315 e. The van der Waals surface area contributed by atoms with E-state index in [2.05, 4.69) is 10.2 Å². The number of aryl methyl sites for hydroxylation is 1. The van der Waals surface area contributed by atoms with Gasteiger partial charge in [0.2, 0.25) is 0 Å². The van der Waals surface area contributed by atoms with Crippen LogP contribution in [0.2, 0.25) is 0 Å². The van der Waals surface area contributed by atoms with Crippen LogP contribution in [0, 0.1) is 18.3 Å². The van der Waals surface area contributed by atoms with Crippen LogP contribution in [0.1, 0.15) is 5.01 Å². The maximum Gasteiger partial charge on any atom is 0.174 e. The lowest BCUT2D eigenvalue weighted by atomic mass is 10.4. The Kier molecular flexibility index (Phi) is 3.47. The molecule has 64 valence electrons. The van der Waals surface area contributed by atoms with E-state index in [9.17, 15) is 0 Å². The molecule has 0 amide bonds. The van der Waals surface area contributed by atoms with Gasteiger partial charge in [-0.1, -0.05) is 23.1 Å². The van der Waals surface area contributed by atoms with E-state index >= 15 is 0 Å². The van der Waals surface area contributed by atoms with Gasteiger partial charge in [0.05, 0.1) is 6.07 Å². The normalized spacial score (nSPS) is 12.4. The SMILES string of the molecule is Cc1nnc(SCC(N)C#N)s1. The Labute approximate surface area is 78.8 Å². The highest BCUT2D eigenvalue weighted by atomic mass is 32.2. The molecule has 4 nitrogen and oxygen atoms in total. The van der Waals surface area contributed by atoms with Crippen LogP contribution in [0.5, 0.6) is 0 Å². The number of nitrogens with two attached hydrogens (primary N) is 1. The van der Waals surface area contributed by atoms with Gasteiger partial charge in [-0.25, -0.2) is 0 Å². The molecular formula is C6H8N4S2. The quantitative estimate of drug-likeness (QED) is 0.730. The van der Waals surface area contributed by atoms with Crippen LogP contribution in [-0.4, -0.2) is 22.0 Å². The van der Waals surface area contributed by atoms with Crippen LogP contribution in [0.3, 0.4) is 0 Å². The predicted octanol–water partition coefficient (Wildman–Crippen LogP) is 0.790. The first-order valence-electron chi connectivity index (χ1n) is 3.30. The van der Waals surface area contributed by atoms with Crippen molar-refractivity contribution < 1.29 is 0 Å². The zero-order valence-electron chi connectivity index (χ0n) is 6.52. The second-order valence-electron chi connectivity index (χ2n) is 2.13. The Hall–Kier alpha value is -0.640. The lowest BCUT2D eigenvalue weighted by molar-refractivity contribution is 0.944. The van der Waals surface area contributed by atoms with Crippen molar-refractivity contribution in [1.29, 1.82) is 5.26 Å². The molecule has 1 atom stereocenters. The molecule has 0 saturated heterocycles.